The predicted octanol–water partition coefficient (Wildman–Crippen LogP) is 4.07. The Kier molecular flexibility index (Phi) is 4.37. The van der Waals surface area contributed by atoms with E-state index in [1.165, 1.54) is 12.8 Å². The molecule has 3 heterocycles. The molecular weight excluding hydrogens is 386 g/mol. The highest BCUT2D eigenvalue weighted by Crippen LogP contribution is 2.39. The molecule has 2 aliphatic heterocycles. The maximum absolute atomic E-state index is 13.8. The second-order valence-corrected chi connectivity index (χ2v) is 8.63. The van der Waals surface area contributed by atoms with Crippen molar-refractivity contribution in [2.75, 3.05) is 4.90 Å². The van der Waals surface area contributed by atoms with Gasteiger partial charge in [0, 0.05) is 6.54 Å². The minimum Gasteiger partial charge on any atom is -0.320 e. The normalized spacial score (nSPS) is 22.1. The Bertz CT molecular complexity index is 1140. The lowest BCUT2D eigenvalue weighted by Crippen LogP contribution is -2.54. The summed E-state index contributed by atoms with van der Waals surface area (Å²) in [6.07, 6.45) is 6.39. The molecule has 2 aromatic carbocycles. The van der Waals surface area contributed by atoms with E-state index in [9.17, 15) is 4.79 Å². The average molecular weight is 412 g/mol. The molecule has 31 heavy (non-hydrogen) atoms. The van der Waals surface area contributed by atoms with Gasteiger partial charge in [0.25, 0.3) is 5.91 Å². The number of hydrogen-bond donors (Lipinski definition) is 0. The fraction of sp³-hybridized carbons (Fsp3) is 0.320. The molecule has 1 fully saturated rings. The maximum atomic E-state index is 13.8. The number of carbonyl (C=O) groups excluding carboxylic acids is 1. The molecule has 0 unspecified atom stereocenters. The van der Waals surface area contributed by atoms with Gasteiger partial charge in [0.15, 0.2) is 11.5 Å². The number of hydrogen-bond acceptors (Lipinski definition) is 4. The number of nitrogens with zero attached hydrogens (tertiary/aromatic N) is 5. The zero-order chi connectivity index (χ0) is 20.8. The SMILES string of the molecule is O=C1c2c(ncn2Cc2ccccc2)N2C(=N[C@H]3CCCC[C@H]32)N1Cc1ccccc1. The number of aliphatic imine (C=N–C) groups is 1. The van der Waals surface area contributed by atoms with Crippen molar-refractivity contribution < 1.29 is 4.79 Å². The Morgan fingerprint density at radius 2 is 1.55 bits per heavy atom. The third-order valence-corrected chi connectivity index (χ3v) is 6.64. The summed E-state index contributed by atoms with van der Waals surface area (Å²) in [6, 6.07) is 21.0. The van der Waals surface area contributed by atoms with E-state index in [0.29, 0.717) is 24.8 Å². The Balaban J connectivity index is 1.43. The summed E-state index contributed by atoms with van der Waals surface area (Å²) in [7, 11) is 0. The summed E-state index contributed by atoms with van der Waals surface area (Å²) in [5.41, 5.74) is 2.93. The molecule has 156 valence electrons. The molecule has 3 aromatic rings. The van der Waals surface area contributed by atoms with E-state index < -0.39 is 0 Å². The van der Waals surface area contributed by atoms with Gasteiger partial charge in [0.05, 0.1) is 25.0 Å². The Hall–Kier alpha value is -3.41. The molecule has 2 atom stereocenters. The van der Waals surface area contributed by atoms with E-state index in [1.807, 2.05) is 52.2 Å². The van der Waals surface area contributed by atoms with Crippen LogP contribution in [0.15, 0.2) is 72.0 Å². The zero-order valence-electron chi connectivity index (χ0n) is 17.4. The quantitative estimate of drug-likeness (QED) is 0.650. The third-order valence-electron chi connectivity index (χ3n) is 6.64. The summed E-state index contributed by atoms with van der Waals surface area (Å²) >= 11 is 0. The van der Waals surface area contributed by atoms with E-state index in [4.69, 9.17) is 9.98 Å². The standard InChI is InChI=1S/C25H25N5O/c31-24-22-23(26-17-28(22)15-18-9-3-1-4-10-18)30-21-14-8-7-13-20(21)27-25(30)29(24)16-19-11-5-2-6-12-19/h1-6,9-12,17,20-21H,7-8,13-16H2/t20-,21+/m0/s1. The summed E-state index contributed by atoms with van der Waals surface area (Å²) in [5, 5.41) is 0. The van der Waals surface area contributed by atoms with Crippen LogP contribution in [-0.4, -0.2) is 38.4 Å². The molecule has 6 nitrogen and oxygen atoms in total. The van der Waals surface area contributed by atoms with Gasteiger partial charge in [-0.1, -0.05) is 73.5 Å². The molecular formula is C25H25N5O. The van der Waals surface area contributed by atoms with E-state index in [0.717, 1.165) is 35.7 Å². The van der Waals surface area contributed by atoms with Crippen LogP contribution in [-0.2, 0) is 13.1 Å². The first-order valence-electron chi connectivity index (χ1n) is 11.1. The van der Waals surface area contributed by atoms with Crippen molar-refractivity contribution in [2.45, 2.75) is 50.9 Å². The first-order chi connectivity index (χ1) is 15.3. The summed E-state index contributed by atoms with van der Waals surface area (Å²) in [6.45, 7) is 1.15. The van der Waals surface area contributed by atoms with Crippen LogP contribution in [0, 0.1) is 0 Å². The zero-order valence-corrected chi connectivity index (χ0v) is 17.4. The van der Waals surface area contributed by atoms with Crippen LogP contribution in [0.2, 0.25) is 0 Å². The maximum Gasteiger partial charge on any atom is 0.281 e. The number of imidazole rings is 1. The molecule has 0 bridgehead atoms. The molecule has 0 radical (unpaired) electrons. The van der Waals surface area contributed by atoms with Gasteiger partial charge < -0.3 is 4.57 Å². The van der Waals surface area contributed by atoms with Crippen molar-refractivity contribution in [3.8, 4) is 0 Å². The van der Waals surface area contributed by atoms with Gasteiger partial charge in [0.2, 0.25) is 5.96 Å². The summed E-state index contributed by atoms with van der Waals surface area (Å²) in [4.78, 5) is 27.7. The van der Waals surface area contributed by atoms with Crippen molar-refractivity contribution in [1.82, 2.24) is 14.5 Å². The van der Waals surface area contributed by atoms with Crippen molar-refractivity contribution in [1.29, 1.82) is 0 Å². The Morgan fingerprint density at radius 3 is 2.29 bits per heavy atom. The van der Waals surface area contributed by atoms with Gasteiger partial charge >= 0.3 is 0 Å². The minimum absolute atomic E-state index is 0.0130. The van der Waals surface area contributed by atoms with Crippen molar-refractivity contribution in [3.63, 3.8) is 0 Å². The van der Waals surface area contributed by atoms with Crippen molar-refractivity contribution in [3.05, 3.63) is 83.8 Å². The van der Waals surface area contributed by atoms with Gasteiger partial charge in [-0.25, -0.2) is 9.98 Å². The predicted molar refractivity (Wildman–Crippen MR) is 120 cm³/mol. The lowest BCUT2D eigenvalue weighted by Gasteiger charge is -2.38. The first-order valence-corrected chi connectivity index (χ1v) is 11.1. The first kappa shape index (κ1) is 18.4. The highest BCUT2D eigenvalue weighted by molar-refractivity contribution is 6.18. The molecule has 6 heteroatoms. The largest absolute Gasteiger partial charge is 0.320 e. The third kappa shape index (κ3) is 3.05. The van der Waals surface area contributed by atoms with E-state index >= 15 is 0 Å². The van der Waals surface area contributed by atoms with Crippen LogP contribution in [0.5, 0.6) is 0 Å². The molecule has 0 N–H and O–H groups in total. The number of aromatic nitrogens is 2. The van der Waals surface area contributed by atoms with Crippen LogP contribution < -0.4 is 4.90 Å². The van der Waals surface area contributed by atoms with Crippen LogP contribution in [0.3, 0.4) is 0 Å². The number of amides is 1. The smallest absolute Gasteiger partial charge is 0.281 e. The Labute approximate surface area is 181 Å². The van der Waals surface area contributed by atoms with Crippen molar-refractivity contribution in [2.24, 2.45) is 4.99 Å². The fourth-order valence-electron chi connectivity index (χ4n) is 5.15. The molecule has 0 spiro atoms. The minimum atomic E-state index is -0.0130. The number of benzene rings is 2. The highest BCUT2D eigenvalue weighted by Gasteiger charge is 2.48. The van der Waals surface area contributed by atoms with Crippen molar-refractivity contribution >= 4 is 17.7 Å². The highest BCUT2D eigenvalue weighted by atomic mass is 16.2. The van der Waals surface area contributed by atoms with Crippen LogP contribution >= 0.6 is 0 Å². The average Bonchev–Trinajstić information content (AvgIpc) is 3.39. The van der Waals surface area contributed by atoms with Crippen LogP contribution in [0.25, 0.3) is 0 Å². The lowest BCUT2D eigenvalue weighted by molar-refractivity contribution is 0.0822. The van der Waals surface area contributed by atoms with Gasteiger partial charge in [-0.3, -0.25) is 14.6 Å². The number of guanidine groups is 1. The number of fused-ring (bicyclic) bond motifs is 5. The summed E-state index contributed by atoms with van der Waals surface area (Å²) < 4.78 is 2.00. The molecule has 1 amide bonds. The molecule has 6 rings (SSSR count). The Morgan fingerprint density at radius 1 is 0.871 bits per heavy atom. The fourth-order valence-corrected chi connectivity index (χ4v) is 5.15. The van der Waals surface area contributed by atoms with E-state index in [-0.39, 0.29) is 11.9 Å². The van der Waals surface area contributed by atoms with Crippen LogP contribution in [0.4, 0.5) is 5.82 Å². The number of anilines is 1. The van der Waals surface area contributed by atoms with Gasteiger partial charge in [-0.2, -0.15) is 0 Å². The second-order valence-electron chi connectivity index (χ2n) is 8.63. The molecule has 1 aliphatic carbocycles. The molecule has 0 saturated heterocycles. The molecule has 1 saturated carbocycles. The topological polar surface area (TPSA) is 53.7 Å². The summed E-state index contributed by atoms with van der Waals surface area (Å²) in [5.74, 6) is 1.54. The van der Waals surface area contributed by atoms with E-state index in [1.54, 1.807) is 0 Å². The second kappa shape index (κ2) is 7.38. The van der Waals surface area contributed by atoms with Crippen LogP contribution in [0.1, 0.15) is 47.3 Å². The van der Waals surface area contributed by atoms with E-state index in [2.05, 4.69) is 29.2 Å². The van der Waals surface area contributed by atoms with Gasteiger partial charge in [-0.05, 0) is 24.0 Å². The number of carbonyl (C=O) groups is 1. The lowest BCUT2D eigenvalue weighted by atomic mass is 9.90. The van der Waals surface area contributed by atoms with Gasteiger partial charge in [-0.15, -0.1) is 0 Å². The number of rotatable bonds is 4. The molecule has 1 aromatic heterocycles. The van der Waals surface area contributed by atoms with Gasteiger partial charge in [0.1, 0.15) is 0 Å². The molecule has 3 aliphatic rings. The monoisotopic (exact) mass is 411 g/mol.